The zero-order valence-corrected chi connectivity index (χ0v) is 18.7. The van der Waals surface area contributed by atoms with Crippen molar-refractivity contribution >= 4 is 17.4 Å². The molecule has 2 amide bonds. The fourth-order valence-electron chi connectivity index (χ4n) is 4.28. The van der Waals surface area contributed by atoms with Gasteiger partial charge in [0, 0.05) is 32.4 Å². The second kappa shape index (κ2) is 8.98. The summed E-state index contributed by atoms with van der Waals surface area (Å²) in [5, 5.41) is 7.39. The van der Waals surface area contributed by atoms with Gasteiger partial charge < -0.3 is 19.8 Å². The number of urea groups is 1. The Morgan fingerprint density at radius 3 is 2.42 bits per heavy atom. The van der Waals surface area contributed by atoms with Gasteiger partial charge in [-0.15, -0.1) is 0 Å². The molecule has 2 heterocycles. The average molecular weight is 442 g/mol. The molecule has 6 nitrogen and oxygen atoms in total. The van der Waals surface area contributed by atoms with Crippen LogP contribution in [0.5, 0.6) is 11.5 Å². The Bertz CT molecular complexity index is 1150. The number of anilines is 1. The van der Waals surface area contributed by atoms with E-state index in [1.54, 1.807) is 0 Å². The van der Waals surface area contributed by atoms with Crippen LogP contribution in [0.1, 0.15) is 30.4 Å². The van der Waals surface area contributed by atoms with Crippen LogP contribution in [0.25, 0.3) is 0 Å². The standard InChI is InChI=1S/C27H27N3O3/c1-20-11-13-21(14-12-20)24-19-27(33-29-24)15-17-30(18-16-27)26(31)28-23-9-5-6-10-25(23)32-22-7-3-2-4-8-22/h2-14H,15-19H2,1H3,(H,28,31). The molecule has 33 heavy (non-hydrogen) atoms. The van der Waals surface area contributed by atoms with Gasteiger partial charge in [0.15, 0.2) is 5.75 Å². The van der Waals surface area contributed by atoms with E-state index in [2.05, 4.69) is 41.7 Å². The molecule has 0 radical (unpaired) electrons. The number of nitrogens with zero attached hydrogens (tertiary/aromatic N) is 2. The van der Waals surface area contributed by atoms with Gasteiger partial charge in [0.2, 0.25) is 0 Å². The number of carbonyl (C=O) groups excluding carboxylic acids is 1. The van der Waals surface area contributed by atoms with E-state index in [9.17, 15) is 4.79 Å². The van der Waals surface area contributed by atoms with Gasteiger partial charge in [-0.25, -0.2) is 4.79 Å². The molecule has 0 saturated carbocycles. The number of ether oxygens (including phenoxy) is 1. The first-order valence-electron chi connectivity index (χ1n) is 11.3. The third-order valence-corrected chi connectivity index (χ3v) is 6.29. The number of likely N-dealkylation sites (tertiary alicyclic amines) is 1. The molecular weight excluding hydrogens is 414 g/mol. The van der Waals surface area contributed by atoms with Gasteiger partial charge >= 0.3 is 6.03 Å². The maximum Gasteiger partial charge on any atom is 0.321 e. The molecule has 1 N–H and O–H groups in total. The van der Waals surface area contributed by atoms with Crippen molar-refractivity contribution in [2.24, 2.45) is 5.16 Å². The van der Waals surface area contributed by atoms with E-state index in [1.807, 2.05) is 59.5 Å². The molecule has 3 aromatic carbocycles. The fraction of sp³-hybridized carbons (Fsp3) is 0.259. The van der Waals surface area contributed by atoms with Crippen LogP contribution in [-0.2, 0) is 4.84 Å². The first-order chi connectivity index (χ1) is 16.1. The molecule has 0 atom stereocenters. The van der Waals surface area contributed by atoms with Gasteiger partial charge in [0.05, 0.1) is 11.4 Å². The van der Waals surface area contributed by atoms with Crippen molar-refractivity contribution in [1.82, 2.24) is 4.90 Å². The Labute approximate surface area is 193 Å². The molecule has 2 aliphatic heterocycles. The molecule has 0 bridgehead atoms. The van der Waals surface area contributed by atoms with Gasteiger partial charge in [0.1, 0.15) is 11.4 Å². The molecule has 1 spiro atoms. The SMILES string of the molecule is Cc1ccc(C2=NOC3(CCN(C(=O)Nc4ccccc4Oc4ccccc4)CC3)C2)cc1. The Morgan fingerprint density at radius 2 is 1.67 bits per heavy atom. The van der Waals surface area contributed by atoms with Gasteiger partial charge in [-0.05, 0) is 36.8 Å². The molecule has 5 rings (SSSR count). The molecule has 1 fully saturated rings. The Kier molecular flexibility index (Phi) is 5.73. The van der Waals surface area contributed by atoms with E-state index in [-0.39, 0.29) is 11.6 Å². The van der Waals surface area contributed by atoms with E-state index < -0.39 is 0 Å². The van der Waals surface area contributed by atoms with Crippen molar-refractivity contribution in [3.8, 4) is 11.5 Å². The number of benzene rings is 3. The van der Waals surface area contributed by atoms with Crippen molar-refractivity contribution in [2.45, 2.75) is 31.8 Å². The van der Waals surface area contributed by atoms with E-state index in [1.165, 1.54) is 5.56 Å². The van der Waals surface area contributed by atoms with Gasteiger partial charge in [0.25, 0.3) is 0 Å². The lowest BCUT2D eigenvalue weighted by Gasteiger charge is -2.37. The smallest absolute Gasteiger partial charge is 0.321 e. The number of nitrogens with one attached hydrogen (secondary N) is 1. The third-order valence-electron chi connectivity index (χ3n) is 6.29. The quantitative estimate of drug-likeness (QED) is 0.542. The van der Waals surface area contributed by atoms with E-state index in [0.29, 0.717) is 24.5 Å². The van der Waals surface area contributed by atoms with Crippen molar-refractivity contribution in [3.63, 3.8) is 0 Å². The van der Waals surface area contributed by atoms with Gasteiger partial charge in [-0.3, -0.25) is 0 Å². The normalized spacial score (nSPS) is 16.8. The first kappa shape index (κ1) is 21.1. The van der Waals surface area contributed by atoms with E-state index >= 15 is 0 Å². The summed E-state index contributed by atoms with van der Waals surface area (Å²) in [7, 11) is 0. The summed E-state index contributed by atoms with van der Waals surface area (Å²) >= 11 is 0. The van der Waals surface area contributed by atoms with Crippen LogP contribution < -0.4 is 10.1 Å². The monoisotopic (exact) mass is 441 g/mol. The van der Waals surface area contributed by atoms with Crippen LogP contribution in [0.15, 0.2) is 84.0 Å². The van der Waals surface area contributed by atoms with Crippen LogP contribution in [-0.4, -0.2) is 35.3 Å². The van der Waals surface area contributed by atoms with E-state index in [0.717, 1.165) is 36.3 Å². The molecular formula is C27H27N3O3. The summed E-state index contributed by atoms with van der Waals surface area (Å²) < 4.78 is 5.97. The number of amides is 2. The molecule has 6 heteroatoms. The Balaban J connectivity index is 1.19. The largest absolute Gasteiger partial charge is 0.455 e. The number of hydrogen-bond donors (Lipinski definition) is 1. The maximum atomic E-state index is 13.0. The van der Waals surface area contributed by atoms with Crippen molar-refractivity contribution in [2.75, 3.05) is 18.4 Å². The summed E-state index contributed by atoms with van der Waals surface area (Å²) in [6, 6.07) is 25.3. The lowest BCUT2D eigenvalue weighted by molar-refractivity contribution is -0.0544. The summed E-state index contributed by atoms with van der Waals surface area (Å²) in [6.45, 7) is 3.31. The minimum Gasteiger partial charge on any atom is -0.455 e. The minimum absolute atomic E-state index is 0.133. The number of para-hydroxylation sites is 3. The summed E-state index contributed by atoms with van der Waals surface area (Å²) in [5.74, 6) is 1.34. The van der Waals surface area contributed by atoms with Gasteiger partial charge in [-0.1, -0.05) is 65.3 Å². The molecule has 0 aromatic heterocycles. The Morgan fingerprint density at radius 1 is 0.970 bits per heavy atom. The highest BCUT2D eigenvalue weighted by Gasteiger charge is 2.43. The molecule has 0 aliphatic carbocycles. The zero-order valence-electron chi connectivity index (χ0n) is 18.7. The zero-order chi connectivity index (χ0) is 22.7. The summed E-state index contributed by atoms with van der Waals surface area (Å²) in [4.78, 5) is 20.7. The predicted molar refractivity (Wildman–Crippen MR) is 129 cm³/mol. The molecule has 168 valence electrons. The topological polar surface area (TPSA) is 63.2 Å². The number of rotatable bonds is 4. The van der Waals surface area contributed by atoms with Gasteiger partial charge in [-0.2, -0.15) is 0 Å². The van der Waals surface area contributed by atoms with Crippen LogP contribution in [0.4, 0.5) is 10.5 Å². The Hall–Kier alpha value is -3.80. The maximum absolute atomic E-state index is 13.0. The first-order valence-corrected chi connectivity index (χ1v) is 11.3. The van der Waals surface area contributed by atoms with Crippen LogP contribution in [0.2, 0.25) is 0 Å². The highest BCUT2D eigenvalue weighted by Crippen LogP contribution is 2.36. The molecule has 3 aromatic rings. The highest BCUT2D eigenvalue weighted by atomic mass is 16.7. The number of piperidine rings is 1. The number of hydrogen-bond acceptors (Lipinski definition) is 4. The number of carbonyl (C=O) groups is 1. The number of oxime groups is 1. The second-order valence-electron chi connectivity index (χ2n) is 8.68. The average Bonchev–Trinajstić information content (AvgIpc) is 3.25. The third kappa shape index (κ3) is 4.70. The van der Waals surface area contributed by atoms with E-state index in [4.69, 9.17) is 9.57 Å². The number of aryl methyl sites for hydroxylation is 1. The highest BCUT2D eigenvalue weighted by molar-refractivity contribution is 6.01. The van der Waals surface area contributed by atoms with Crippen LogP contribution >= 0.6 is 0 Å². The summed E-state index contributed by atoms with van der Waals surface area (Å²) in [6.07, 6.45) is 2.28. The minimum atomic E-state index is -0.314. The van der Waals surface area contributed by atoms with Crippen molar-refractivity contribution in [1.29, 1.82) is 0 Å². The van der Waals surface area contributed by atoms with Crippen LogP contribution in [0, 0.1) is 6.92 Å². The lowest BCUT2D eigenvalue weighted by atomic mass is 9.85. The predicted octanol–water partition coefficient (Wildman–Crippen LogP) is 5.98. The molecule has 1 saturated heterocycles. The molecule has 2 aliphatic rings. The van der Waals surface area contributed by atoms with Crippen molar-refractivity contribution < 1.29 is 14.4 Å². The fourth-order valence-corrected chi connectivity index (χ4v) is 4.28. The second-order valence-corrected chi connectivity index (χ2v) is 8.68. The van der Waals surface area contributed by atoms with Crippen molar-refractivity contribution in [3.05, 3.63) is 90.0 Å². The van der Waals surface area contributed by atoms with Crippen LogP contribution in [0.3, 0.4) is 0 Å². The molecule has 0 unspecified atom stereocenters. The summed E-state index contributed by atoms with van der Waals surface area (Å²) in [5.41, 5.74) is 3.65. The lowest BCUT2D eigenvalue weighted by Crippen LogP contribution is -2.48.